The molecular weight excluding hydrogens is 447 g/mol. The van der Waals surface area contributed by atoms with E-state index in [9.17, 15) is 14.0 Å². The van der Waals surface area contributed by atoms with Crippen molar-refractivity contribution in [2.24, 2.45) is 0 Å². The maximum Gasteiger partial charge on any atom is 0.338 e. The van der Waals surface area contributed by atoms with Crippen LogP contribution in [0.25, 0.3) is 0 Å². The van der Waals surface area contributed by atoms with Crippen LogP contribution in [0.1, 0.15) is 18.5 Å². The van der Waals surface area contributed by atoms with Crippen molar-refractivity contribution in [1.82, 2.24) is 15.5 Å². The standard InChI is InChI=1S/C24H26ClFN4O3/c1-2-33-23(31)21-20(27-24(32)28-22(21)16-5-3-7-18(26)13-16)15-29-9-11-30(12-10-29)19-8-4-6-17(25)14-19/h3-8,13-14,22H,2,9-12,15H2,1H3,(H2,27,28,32)/t22-/m1/s1. The summed E-state index contributed by atoms with van der Waals surface area (Å²) < 4.78 is 19.2. The Morgan fingerprint density at radius 3 is 2.61 bits per heavy atom. The number of esters is 1. The van der Waals surface area contributed by atoms with Crippen LogP contribution in [0, 0.1) is 5.82 Å². The van der Waals surface area contributed by atoms with Gasteiger partial charge in [-0.1, -0.05) is 29.8 Å². The maximum absolute atomic E-state index is 13.9. The molecule has 4 rings (SSSR count). The zero-order valence-corrected chi connectivity index (χ0v) is 19.1. The third-order valence-electron chi connectivity index (χ3n) is 5.76. The first kappa shape index (κ1) is 23.1. The van der Waals surface area contributed by atoms with Crippen molar-refractivity contribution in [1.29, 1.82) is 0 Å². The van der Waals surface area contributed by atoms with Crippen molar-refractivity contribution >= 4 is 29.3 Å². The molecule has 0 aromatic heterocycles. The van der Waals surface area contributed by atoms with Gasteiger partial charge in [0.2, 0.25) is 0 Å². The normalized spacial score (nSPS) is 19.2. The second kappa shape index (κ2) is 10.2. The summed E-state index contributed by atoms with van der Waals surface area (Å²) in [6, 6.07) is 12.4. The fourth-order valence-electron chi connectivity index (χ4n) is 4.19. The Hall–Kier alpha value is -3.10. The van der Waals surface area contributed by atoms with Gasteiger partial charge >= 0.3 is 12.0 Å². The fraction of sp³-hybridized carbons (Fsp3) is 0.333. The zero-order valence-electron chi connectivity index (χ0n) is 18.3. The largest absolute Gasteiger partial charge is 0.463 e. The number of benzene rings is 2. The van der Waals surface area contributed by atoms with E-state index in [1.807, 2.05) is 24.3 Å². The Morgan fingerprint density at radius 1 is 1.15 bits per heavy atom. The third kappa shape index (κ3) is 5.46. The summed E-state index contributed by atoms with van der Waals surface area (Å²) in [5, 5.41) is 6.21. The highest BCUT2D eigenvalue weighted by Crippen LogP contribution is 2.29. The highest BCUT2D eigenvalue weighted by Gasteiger charge is 2.34. The summed E-state index contributed by atoms with van der Waals surface area (Å²) in [6.45, 7) is 5.32. The Bertz CT molecular complexity index is 1070. The monoisotopic (exact) mass is 472 g/mol. The Morgan fingerprint density at radius 2 is 1.91 bits per heavy atom. The van der Waals surface area contributed by atoms with Crippen LogP contribution in [0.4, 0.5) is 14.9 Å². The lowest BCUT2D eigenvalue weighted by Crippen LogP contribution is -2.51. The Kier molecular flexibility index (Phi) is 7.15. The summed E-state index contributed by atoms with van der Waals surface area (Å²) >= 11 is 6.12. The SMILES string of the molecule is CCOC(=O)C1=C(CN2CCN(c3cccc(Cl)c3)CC2)NC(=O)N[C@@H]1c1cccc(F)c1. The number of nitrogens with zero attached hydrogens (tertiary/aromatic N) is 2. The number of hydrogen-bond acceptors (Lipinski definition) is 5. The molecule has 1 fully saturated rings. The van der Waals surface area contributed by atoms with Crippen LogP contribution < -0.4 is 15.5 Å². The summed E-state index contributed by atoms with van der Waals surface area (Å²) in [6.07, 6.45) is 0. The molecule has 0 bridgehead atoms. The van der Waals surface area contributed by atoms with E-state index in [4.69, 9.17) is 16.3 Å². The van der Waals surface area contributed by atoms with Gasteiger partial charge in [-0.3, -0.25) is 4.90 Å². The molecule has 0 radical (unpaired) electrons. The van der Waals surface area contributed by atoms with Crippen LogP contribution in [-0.2, 0) is 9.53 Å². The van der Waals surface area contributed by atoms with Gasteiger partial charge in [0.1, 0.15) is 5.82 Å². The first-order valence-electron chi connectivity index (χ1n) is 10.9. The Labute approximate surface area is 197 Å². The van der Waals surface area contributed by atoms with E-state index in [0.29, 0.717) is 28.4 Å². The smallest absolute Gasteiger partial charge is 0.338 e. The molecule has 0 saturated carbocycles. The fourth-order valence-corrected chi connectivity index (χ4v) is 4.37. The average Bonchev–Trinajstić information content (AvgIpc) is 2.79. The minimum atomic E-state index is -0.795. The van der Waals surface area contributed by atoms with Crippen molar-refractivity contribution in [3.05, 3.63) is 76.2 Å². The lowest BCUT2D eigenvalue weighted by Gasteiger charge is -2.38. The number of carbonyl (C=O) groups excluding carboxylic acids is 2. The van der Waals surface area contributed by atoms with Gasteiger partial charge in [-0.2, -0.15) is 0 Å². The topological polar surface area (TPSA) is 73.9 Å². The molecule has 2 heterocycles. The van der Waals surface area contributed by atoms with Crippen molar-refractivity contribution in [2.45, 2.75) is 13.0 Å². The third-order valence-corrected chi connectivity index (χ3v) is 5.99. The second-order valence-electron chi connectivity index (χ2n) is 7.94. The second-order valence-corrected chi connectivity index (χ2v) is 8.38. The van der Waals surface area contributed by atoms with Crippen LogP contribution in [0.3, 0.4) is 0 Å². The van der Waals surface area contributed by atoms with E-state index in [2.05, 4.69) is 20.4 Å². The molecule has 33 heavy (non-hydrogen) atoms. The van der Waals surface area contributed by atoms with Crippen LogP contribution >= 0.6 is 11.6 Å². The number of anilines is 1. The first-order valence-corrected chi connectivity index (χ1v) is 11.3. The van der Waals surface area contributed by atoms with Gasteiger partial charge in [-0.25, -0.2) is 14.0 Å². The molecule has 0 unspecified atom stereocenters. The van der Waals surface area contributed by atoms with Gasteiger partial charge in [-0.05, 0) is 42.8 Å². The molecule has 1 atom stereocenters. The number of nitrogens with one attached hydrogen (secondary N) is 2. The predicted octanol–water partition coefficient (Wildman–Crippen LogP) is 3.47. The van der Waals surface area contributed by atoms with Gasteiger partial charge in [0.15, 0.2) is 0 Å². The molecule has 0 aliphatic carbocycles. The van der Waals surface area contributed by atoms with Crippen LogP contribution in [0.15, 0.2) is 59.8 Å². The molecule has 2 aromatic carbocycles. The summed E-state index contributed by atoms with van der Waals surface area (Å²) in [5.41, 5.74) is 2.31. The Balaban J connectivity index is 1.56. The number of halogens is 2. The maximum atomic E-state index is 13.9. The molecule has 1 saturated heterocycles. The summed E-state index contributed by atoms with van der Waals surface area (Å²) in [4.78, 5) is 29.7. The van der Waals surface area contributed by atoms with Gasteiger partial charge in [-0.15, -0.1) is 0 Å². The highest BCUT2D eigenvalue weighted by atomic mass is 35.5. The van der Waals surface area contributed by atoms with E-state index < -0.39 is 23.9 Å². The number of hydrogen-bond donors (Lipinski definition) is 2. The molecule has 0 spiro atoms. The molecule has 2 aromatic rings. The quantitative estimate of drug-likeness (QED) is 0.630. The van der Waals surface area contributed by atoms with E-state index in [0.717, 1.165) is 31.9 Å². The molecule has 2 aliphatic heterocycles. The molecule has 9 heteroatoms. The number of urea groups is 1. The van der Waals surface area contributed by atoms with Crippen LogP contribution in [0.5, 0.6) is 0 Å². The minimum absolute atomic E-state index is 0.192. The minimum Gasteiger partial charge on any atom is -0.463 e. The molecule has 2 aliphatic rings. The van der Waals surface area contributed by atoms with E-state index in [-0.39, 0.29) is 6.61 Å². The van der Waals surface area contributed by atoms with Gasteiger partial charge in [0.05, 0.1) is 18.2 Å². The van der Waals surface area contributed by atoms with Crippen LogP contribution in [0.2, 0.25) is 5.02 Å². The van der Waals surface area contributed by atoms with Gasteiger partial charge in [0, 0.05) is 49.1 Å². The molecule has 2 amide bonds. The van der Waals surface area contributed by atoms with Crippen molar-refractivity contribution < 1.29 is 18.7 Å². The molecule has 174 valence electrons. The molecule has 2 N–H and O–H groups in total. The number of rotatable bonds is 6. The van der Waals surface area contributed by atoms with E-state index in [1.165, 1.54) is 12.1 Å². The lowest BCUT2D eigenvalue weighted by molar-refractivity contribution is -0.139. The summed E-state index contributed by atoms with van der Waals surface area (Å²) in [5.74, 6) is -0.978. The van der Waals surface area contributed by atoms with Gasteiger partial charge < -0.3 is 20.3 Å². The van der Waals surface area contributed by atoms with Crippen molar-refractivity contribution in [3.8, 4) is 0 Å². The summed E-state index contributed by atoms with van der Waals surface area (Å²) in [7, 11) is 0. The van der Waals surface area contributed by atoms with Crippen molar-refractivity contribution in [2.75, 3.05) is 44.2 Å². The first-order chi connectivity index (χ1) is 15.9. The number of ether oxygens (including phenoxy) is 1. The molecular formula is C24H26ClFN4O3. The number of amides is 2. The lowest BCUT2D eigenvalue weighted by atomic mass is 9.94. The van der Waals surface area contributed by atoms with Crippen LogP contribution in [-0.4, -0.2) is 56.2 Å². The van der Waals surface area contributed by atoms with Gasteiger partial charge in [0.25, 0.3) is 0 Å². The van der Waals surface area contributed by atoms with E-state index >= 15 is 0 Å². The number of carbonyl (C=O) groups is 2. The predicted molar refractivity (Wildman–Crippen MR) is 125 cm³/mol. The highest BCUT2D eigenvalue weighted by molar-refractivity contribution is 6.30. The zero-order chi connectivity index (χ0) is 23.4. The molecule has 7 nitrogen and oxygen atoms in total. The van der Waals surface area contributed by atoms with E-state index in [1.54, 1.807) is 19.1 Å². The van der Waals surface area contributed by atoms with Crippen molar-refractivity contribution in [3.63, 3.8) is 0 Å². The number of piperazine rings is 1. The average molecular weight is 473 g/mol.